The maximum Gasteiger partial charge on any atom is 0.407 e. The van der Waals surface area contributed by atoms with E-state index in [-0.39, 0.29) is 30.3 Å². The summed E-state index contributed by atoms with van der Waals surface area (Å²) in [6.07, 6.45) is 0.178. The molecule has 1 saturated heterocycles. The molecule has 2 aliphatic rings. The van der Waals surface area contributed by atoms with Crippen molar-refractivity contribution in [3.8, 4) is 11.1 Å². The van der Waals surface area contributed by atoms with Gasteiger partial charge in [0.05, 0.1) is 5.92 Å². The Labute approximate surface area is 206 Å². The van der Waals surface area contributed by atoms with Crippen molar-refractivity contribution in [1.29, 1.82) is 0 Å². The summed E-state index contributed by atoms with van der Waals surface area (Å²) in [4.78, 5) is 39.2. The normalized spacial score (nSPS) is 23.1. The van der Waals surface area contributed by atoms with Crippen molar-refractivity contribution in [1.82, 2.24) is 10.2 Å². The lowest BCUT2D eigenvalue weighted by molar-refractivity contribution is -0.158. The monoisotopic (exact) mass is 478 g/mol. The highest BCUT2D eigenvalue weighted by Gasteiger charge is 2.41. The second-order valence-corrected chi connectivity index (χ2v) is 10.1. The number of carbonyl (C=O) groups is 3. The molecule has 5 atom stereocenters. The van der Waals surface area contributed by atoms with E-state index in [1.54, 1.807) is 13.8 Å². The Bertz CT molecular complexity index is 1070. The van der Waals surface area contributed by atoms with Gasteiger partial charge in [-0.3, -0.25) is 4.79 Å². The first-order valence-electron chi connectivity index (χ1n) is 12.3. The van der Waals surface area contributed by atoms with Crippen molar-refractivity contribution < 1.29 is 24.2 Å². The largest absolute Gasteiger partial charge is 0.480 e. The molecule has 1 fully saturated rings. The van der Waals surface area contributed by atoms with Crippen molar-refractivity contribution >= 4 is 18.0 Å². The molecule has 0 spiro atoms. The number of likely N-dealkylation sites (tertiary alicyclic amines) is 1. The molecule has 2 amide bonds. The number of hydrogen-bond donors (Lipinski definition) is 2. The predicted molar refractivity (Wildman–Crippen MR) is 133 cm³/mol. The predicted octanol–water partition coefficient (Wildman–Crippen LogP) is 4.51. The Balaban J connectivity index is 1.38. The van der Waals surface area contributed by atoms with Gasteiger partial charge in [0.25, 0.3) is 0 Å². The molecule has 0 aromatic heterocycles. The summed E-state index contributed by atoms with van der Waals surface area (Å²) in [7, 11) is 0. The number of aliphatic carboxylic acids is 1. The summed E-state index contributed by atoms with van der Waals surface area (Å²) in [5.74, 6) is -1.78. The Hall–Kier alpha value is -3.35. The van der Waals surface area contributed by atoms with E-state index in [0.717, 1.165) is 28.7 Å². The van der Waals surface area contributed by atoms with Crippen LogP contribution in [0.4, 0.5) is 4.79 Å². The number of nitrogens with zero attached hydrogens (tertiary/aromatic N) is 1. The Morgan fingerprint density at radius 2 is 1.60 bits per heavy atom. The van der Waals surface area contributed by atoms with Crippen molar-refractivity contribution in [2.75, 3.05) is 13.2 Å². The van der Waals surface area contributed by atoms with E-state index in [9.17, 15) is 19.5 Å². The molecule has 7 nitrogen and oxygen atoms in total. The van der Waals surface area contributed by atoms with Gasteiger partial charge in [0.2, 0.25) is 5.91 Å². The number of rotatable bonds is 6. The Kier molecular flexibility index (Phi) is 7.15. The molecule has 35 heavy (non-hydrogen) atoms. The van der Waals surface area contributed by atoms with Crippen LogP contribution in [0.1, 0.15) is 51.2 Å². The van der Waals surface area contributed by atoms with Gasteiger partial charge in [0.1, 0.15) is 12.6 Å². The molecular formula is C28H34N2O5. The Morgan fingerprint density at radius 3 is 2.17 bits per heavy atom. The third kappa shape index (κ3) is 4.90. The van der Waals surface area contributed by atoms with Gasteiger partial charge in [-0.25, -0.2) is 9.59 Å². The zero-order chi connectivity index (χ0) is 25.3. The van der Waals surface area contributed by atoms with Crippen molar-refractivity contribution in [2.45, 2.75) is 52.1 Å². The van der Waals surface area contributed by atoms with Gasteiger partial charge in [-0.1, -0.05) is 69.3 Å². The number of fused-ring (bicyclic) bond motifs is 3. The average molecular weight is 479 g/mol. The highest BCUT2D eigenvalue weighted by atomic mass is 16.5. The van der Waals surface area contributed by atoms with E-state index in [2.05, 4.69) is 29.6 Å². The summed E-state index contributed by atoms with van der Waals surface area (Å²) in [5, 5.41) is 12.5. The summed E-state index contributed by atoms with van der Waals surface area (Å²) < 4.78 is 5.61. The highest BCUT2D eigenvalue weighted by Crippen LogP contribution is 2.44. The maximum absolute atomic E-state index is 13.2. The molecule has 2 N–H and O–H groups in total. The van der Waals surface area contributed by atoms with Gasteiger partial charge < -0.3 is 20.1 Å². The molecule has 0 saturated carbocycles. The Morgan fingerprint density at radius 1 is 1.03 bits per heavy atom. The molecule has 7 heteroatoms. The van der Waals surface area contributed by atoms with Gasteiger partial charge in [-0.2, -0.15) is 0 Å². The lowest BCUT2D eigenvalue weighted by Crippen LogP contribution is -2.57. The summed E-state index contributed by atoms with van der Waals surface area (Å²) in [6.45, 7) is 7.96. The van der Waals surface area contributed by atoms with Crippen LogP contribution in [-0.4, -0.2) is 53.2 Å². The van der Waals surface area contributed by atoms with Crippen LogP contribution in [0.3, 0.4) is 0 Å². The number of benzene rings is 2. The van der Waals surface area contributed by atoms with Crippen LogP contribution in [0.5, 0.6) is 0 Å². The van der Waals surface area contributed by atoms with Crippen LogP contribution in [0.25, 0.3) is 11.1 Å². The number of hydrogen-bond acceptors (Lipinski definition) is 4. The fourth-order valence-electron chi connectivity index (χ4n) is 5.62. The number of amides is 2. The van der Waals surface area contributed by atoms with Gasteiger partial charge in [0.15, 0.2) is 0 Å². The van der Waals surface area contributed by atoms with E-state index in [1.165, 1.54) is 4.90 Å². The van der Waals surface area contributed by atoms with Crippen molar-refractivity contribution in [3.63, 3.8) is 0 Å². The first-order valence-corrected chi connectivity index (χ1v) is 12.3. The first kappa shape index (κ1) is 24.8. The standard InChI is InChI=1S/C28H34N2O5/c1-16-13-17(2)25(27(32)33)30(14-16)26(31)18(3)19(4)29-28(34)35-15-24-22-11-7-5-9-20(22)21-10-6-8-12-23(21)24/h5-12,16-19,24-25H,13-15H2,1-4H3,(H,29,34)(H,32,33). The summed E-state index contributed by atoms with van der Waals surface area (Å²) in [6, 6.07) is 14.9. The summed E-state index contributed by atoms with van der Waals surface area (Å²) >= 11 is 0. The molecule has 186 valence electrons. The third-order valence-electron chi connectivity index (χ3n) is 7.52. The van der Waals surface area contributed by atoms with E-state index in [1.807, 2.05) is 38.1 Å². The smallest absolute Gasteiger partial charge is 0.407 e. The molecule has 1 aliphatic heterocycles. The maximum atomic E-state index is 13.2. The van der Waals surface area contributed by atoms with Gasteiger partial charge in [-0.15, -0.1) is 0 Å². The van der Waals surface area contributed by atoms with Crippen molar-refractivity contribution in [2.24, 2.45) is 17.8 Å². The van der Waals surface area contributed by atoms with Crippen LogP contribution in [-0.2, 0) is 14.3 Å². The molecule has 1 heterocycles. The van der Waals surface area contributed by atoms with E-state index < -0.39 is 30.1 Å². The number of carbonyl (C=O) groups excluding carboxylic acids is 2. The minimum atomic E-state index is -0.984. The molecule has 4 rings (SSSR count). The highest BCUT2D eigenvalue weighted by molar-refractivity contribution is 5.86. The van der Waals surface area contributed by atoms with Gasteiger partial charge in [-0.05, 0) is 47.4 Å². The average Bonchev–Trinajstić information content (AvgIpc) is 3.14. The van der Waals surface area contributed by atoms with Gasteiger partial charge in [0, 0.05) is 18.5 Å². The zero-order valence-corrected chi connectivity index (χ0v) is 20.7. The number of piperidine rings is 1. The number of nitrogens with one attached hydrogen (secondary N) is 1. The third-order valence-corrected chi connectivity index (χ3v) is 7.52. The number of alkyl carbamates (subject to hydrolysis) is 1. The van der Waals surface area contributed by atoms with Crippen LogP contribution in [0, 0.1) is 17.8 Å². The second kappa shape index (κ2) is 10.1. The number of ether oxygens (including phenoxy) is 1. The van der Waals surface area contributed by atoms with E-state index in [4.69, 9.17) is 4.74 Å². The molecule has 1 aliphatic carbocycles. The van der Waals surface area contributed by atoms with E-state index >= 15 is 0 Å². The minimum Gasteiger partial charge on any atom is -0.480 e. The molecule has 0 bridgehead atoms. The van der Waals surface area contributed by atoms with Crippen LogP contribution >= 0.6 is 0 Å². The fraction of sp³-hybridized carbons (Fsp3) is 0.464. The lowest BCUT2D eigenvalue weighted by Gasteiger charge is -2.42. The van der Waals surface area contributed by atoms with Crippen LogP contribution < -0.4 is 5.32 Å². The lowest BCUT2D eigenvalue weighted by atomic mass is 9.84. The van der Waals surface area contributed by atoms with Gasteiger partial charge >= 0.3 is 12.1 Å². The van der Waals surface area contributed by atoms with E-state index in [0.29, 0.717) is 6.54 Å². The SMILES string of the molecule is CC1CC(C)C(C(=O)O)N(C(=O)C(C)C(C)NC(=O)OCC2c3ccccc3-c3ccccc32)C1. The quantitative estimate of drug-likeness (QED) is 0.637. The summed E-state index contributed by atoms with van der Waals surface area (Å²) in [5.41, 5.74) is 4.57. The first-order chi connectivity index (χ1) is 16.7. The van der Waals surface area contributed by atoms with Crippen LogP contribution in [0.15, 0.2) is 48.5 Å². The zero-order valence-electron chi connectivity index (χ0n) is 20.7. The fourth-order valence-corrected chi connectivity index (χ4v) is 5.62. The van der Waals surface area contributed by atoms with Crippen molar-refractivity contribution in [3.05, 3.63) is 59.7 Å². The molecule has 5 unspecified atom stereocenters. The molecule has 2 aromatic carbocycles. The molecule has 2 aromatic rings. The second-order valence-electron chi connectivity index (χ2n) is 10.1. The molecule has 0 radical (unpaired) electrons. The topological polar surface area (TPSA) is 95.9 Å². The number of carboxylic acid groups (broad SMARTS) is 1. The number of carboxylic acids is 1. The minimum absolute atomic E-state index is 0.0461. The molecular weight excluding hydrogens is 444 g/mol. The van der Waals surface area contributed by atoms with Crippen LogP contribution in [0.2, 0.25) is 0 Å².